The number of ether oxygens (including phenoxy) is 3. The molecule has 0 unspecified atom stereocenters. The van der Waals surface area contributed by atoms with Crippen LogP contribution in [0.4, 0.5) is 4.79 Å². The molecule has 0 bridgehead atoms. The number of alkyl carbamates (subject to hydrolysis) is 1. The summed E-state index contributed by atoms with van der Waals surface area (Å²) in [6.45, 7) is 24.2. The standard InChI is InChI=1S/C35H39N3O4.C27H33N3O2/c1-34(2,3)29-18-16-26(17-19-29)28-21-36-31(37-22-28)27-14-12-24(13-15-27)20-30(32(39)42-35(4,5)6)38-33(40)41-23-25-10-8-7-9-11-25;1-26(2,3)22-13-11-19(12-14-22)21-16-29-24(30-17-21)20-9-7-18(8-10-20)15-23(28)25(31)32-27(4,5)6/h7-19,21-22,30H,20,23H2,1-6H3,(H,38,40);7-14,16-17,23H,15,28H2,1-6H3/t30-;23-/m00/s1. The van der Waals surface area contributed by atoms with E-state index >= 15 is 0 Å². The number of hydrogen-bond donors (Lipinski definition) is 2. The zero-order chi connectivity index (χ0) is 53.8. The first-order valence-corrected chi connectivity index (χ1v) is 25.0. The molecule has 0 aliphatic heterocycles. The number of carbonyl (C=O) groups is 3. The lowest BCUT2D eigenvalue weighted by Crippen LogP contribution is -2.45. The Labute approximate surface area is 437 Å². The van der Waals surface area contributed by atoms with E-state index in [1.165, 1.54) is 11.1 Å². The van der Waals surface area contributed by atoms with E-state index in [9.17, 15) is 14.4 Å². The van der Waals surface area contributed by atoms with Gasteiger partial charge in [-0.2, -0.15) is 0 Å². The van der Waals surface area contributed by atoms with Gasteiger partial charge in [0, 0.05) is 53.5 Å². The number of nitrogens with two attached hydrogens (primary N) is 1. The van der Waals surface area contributed by atoms with Crippen LogP contribution >= 0.6 is 0 Å². The van der Waals surface area contributed by atoms with Gasteiger partial charge in [0.15, 0.2) is 11.6 Å². The molecule has 0 aliphatic carbocycles. The van der Waals surface area contributed by atoms with Crippen LogP contribution in [0.5, 0.6) is 0 Å². The summed E-state index contributed by atoms with van der Waals surface area (Å²) in [7, 11) is 0. The molecule has 12 nitrogen and oxygen atoms in total. The van der Waals surface area contributed by atoms with E-state index in [0.717, 1.165) is 50.1 Å². The minimum atomic E-state index is -0.918. The Bertz CT molecular complexity index is 2920. The van der Waals surface area contributed by atoms with Gasteiger partial charge in [0.1, 0.15) is 29.9 Å². The average molecular weight is 997 g/mol. The maximum atomic E-state index is 13.0. The van der Waals surface area contributed by atoms with Gasteiger partial charge in [-0.3, -0.25) is 4.79 Å². The molecule has 2 aromatic heterocycles. The second kappa shape index (κ2) is 24.0. The van der Waals surface area contributed by atoms with Crippen LogP contribution in [0.3, 0.4) is 0 Å². The monoisotopic (exact) mass is 997 g/mol. The van der Waals surface area contributed by atoms with Gasteiger partial charge in [-0.05, 0) is 97.7 Å². The topological polar surface area (TPSA) is 169 Å². The fourth-order valence-electron chi connectivity index (χ4n) is 7.58. The van der Waals surface area contributed by atoms with Gasteiger partial charge in [0.2, 0.25) is 0 Å². The van der Waals surface area contributed by atoms with E-state index in [4.69, 9.17) is 19.9 Å². The third-order valence-electron chi connectivity index (χ3n) is 11.7. The quantitative estimate of drug-likeness (QED) is 0.0833. The summed E-state index contributed by atoms with van der Waals surface area (Å²) in [5, 5.41) is 2.68. The number of carbonyl (C=O) groups excluding carboxylic acids is 3. The molecular weight excluding hydrogens is 925 g/mol. The zero-order valence-corrected chi connectivity index (χ0v) is 45.0. The molecule has 74 heavy (non-hydrogen) atoms. The molecule has 2 heterocycles. The van der Waals surface area contributed by atoms with E-state index in [1.807, 2.05) is 124 Å². The number of nitrogens with zero attached hydrogens (tertiary/aromatic N) is 4. The van der Waals surface area contributed by atoms with E-state index in [-0.39, 0.29) is 23.9 Å². The molecule has 386 valence electrons. The first kappa shape index (κ1) is 55.7. The van der Waals surface area contributed by atoms with Gasteiger partial charge in [0.25, 0.3) is 0 Å². The van der Waals surface area contributed by atoms with Crippen molar-refractivity contribution in [1.82, 2.24) is 25.3 Å². The number of aromatic nitrogens is 4. The number of nitrogens with one attached hydrogen (secondary N) is 1. The Morgan fingerprint density at radius 1 is 0.459 bits per heavy atom. The van der Waals surface area contributed by atoms with Gasteiger partial charge in [-0.1, -0.05) is 169 Å². The van der Waals surface area contributed by atoms with Gasteiger partial charge in [-0.15, -0.1) is 0 Å². The van der Waals surface area contributed by atoms with Gasteiger partial charge >= 0.3 is 18.0 Å². The van der Waals surface area contributed by atoms with Gasteiger partial charge in [0.05, 0.1) is 0 Å². The number of hydrogen-bond acceptors (Lipinski definition) is 11. The summed E-state index contributed by atoms with van der Waals surface area (Å²) in [6.07, 6.45) is 7.31. The van der Waals surface area contributed by atoms with Crippen molar-refractivity contribution < 1.29 is 28.6 Å². The van der Waals surface area contributed by atoms with Crippen molar-refractivity contribution in [2.24, 2.45) is 5.73 Å². The van der Waals surface area contributed by atoms with Gasteiger partial charge < -0.3 is 25.3 Å². The first-order chi connectivity index (χ1) is 34.8. The maximum absolute atomic E-state index is 13.0. The zero-order valence-electron chi connectivity index (χ0n) is 45.0. The highest BCUT2D eigenvalue weighted by Crippen LogP contribution is 2.29. The third kappa shape index (κ3) is 17.0. The third-order valence-corrected chi connectivity index (χ3v) is 11.7. The number of benzene rings is 5. The van der Waals surface area contributed by atoms with Crippen LogP contribution in [0.15, 0.2) is 152 Å². The number of rotatable bonds is 13. The van der Waals surface area contributed by atoms with Crippen molar-refractivity contribution in [2.75, 3.05) is 0 Å². The lowest BCUT2D eigenvalue weighted by molar-refractivity contribution is -0.158. The molecule has 7 rings (SSSR count). The highest BCUT2D eigenvalue weighted by Gasteiger charge is 2.28. The van der Waals surface area contributed by atoms with Crippen LogP contribution in [0.25, 0.3) is 45.0 Å². The molecule has 3 N–H and O–H groups in total. The molecule has 1 amide bonds. The fourth-order valence-corrected chi connectivity index (χ4v) is 7.58. The second-order valence-electron chi connectivity index (χ2n) is 22.5. The summed E-state index contributed by atoms with van der Waals surface area (Å²) in [5.41, 5.74) is 16.1. The Morgan fingerprint density at radius 2 is 0.838 bits per heavy atom. The molecule has 7 aromatic rings. The lowest BCUT2D eigenvalue weighted by Gasteiger charge is -2.24. The average Bonchev–Trinajstić information content (AvgIpc) is 3.35. The van der Waals surface area contributed by atoms with Crippen molar-refractivity contribution in [3.63, 3.8) is 0 Å². The summed E-state index contributed by atoms with van der Waals surface area (Å²) in [4.78, 5) is 55.9. The predicted molar refractivity (Wildman–Crippen MR) is 294 cm³/mol. The smallest absolute Gasteiger partial charge is 0.408 e. The summed E-state index contributed by atoms with van der Waals surface area (Å²) in [6, 6.07) is 40.2. The number of esters is 2. The van der Waals surface area contributed by atoms with Crippen LogP contribution in [0, 0.1) is 0 Å². The molecule has 2 atom stereocenters. The van der Waals surface area contributed by atoms with Crippen LogP contribution in [-0.4, -0.2) is 61.3 Å². The molecule has 12 heteroatoms. The van der Waals surface area contributed by atoms with Crippen molar-refractivity contribution in [2.45, 2.75) is 137 Å². The van der Waals surface area contributed by atoms with Crippen LogP contribution < -0.4 is 11.1 Å². The van der Waals surface area contributed by atoms with Crippen LogP contribution in [0.2, 0.25) is 0 Å². The largest absolute Gasteiger partial charge is 0.459 e. The van der Waals surface area contributed by atoms with Crippen molar-refractivity contribution in [1.29, 1.82) is 0 Å². The van der Waals surface area contributed by atoms with E-state index in [0.29, 0.717) is 18.1 Å². The fraction of sp³-hybridized carbons (Fsp3) is 0.339. The molecule has 0 aliphatic rings. The Balaban J connectivity index is 0.000000250. The minimum absolute atomic E-state index is 0.0969. The summed E-state index contributed by atoms with van der Waals surface area (Å²) < 4.78 is 16.3. The highest BCUT2D eigenvalue weighted by molar-refractivity contribution is 5.82. The van der Waals surface area contributed by atoms with Crippen molar-refractivity contribution in [3.05, 3.63) is 180 Å². The summed E-state index contributed by atoms with van der Waals surface area (Å²) >= 11 is 0. The van der Waals surface area contributed by atoms with Crippen molar-refractivity contribution >= 4 is 18.0 Å². The minimum Gasteiger partial charge on any atom is -0.459 e. The number of amides is 1. The Morgan fingerprint density at radius 3 is 1.23 bits per heavy atom. The molecule has 5 aromatic carbocycles. The summed E-state index contributed by atoms with van der Waals surface area (Å²) in [5.74, 6) is 0.333. The second-order valence-corrected chi connectivity index (χ2v) is 22.5. The molecule has 0 fully saturated rings. The molecule has 0 saturated heterocycles. The van der Waals surface area contributed by atoms with Crippen molar-refractivity contribution in [3.8, 4) is 45.0 Å². The Hall–Kier alpha value is -7.57. The highest BCUT2D eigenvalue weighted by atomic mass is 16.6. The lowest BCUT2D eigenvalue weighted by atomic mass is 9.86. The van der Waals surface area contributed by atoms with E-state index in [2.05, 4.69) is 115 Å². The molecular formula is C62H72N6O6. The molecule has 0 spiro atoms. The molecule has 0 saturated carbocycles. The maximum Gasteiger partial charge on any atom is 0.408 e. The van der Waals surface area contributed by atoms with Crippen LogP contribution in [-0.2, 0) is 54.1 Å². The molecule has 0 radical (unpaired) electrons. The predicted octanol–water partition coefficient (Wildman–Crippen LogP) is 12.6. The van der Waals surface area contributed by atoms with Gasteiger partial charge in [-0.25, -0.2) is 29.5 Å². The Kier molecular flexibility index (Phi) is 18.1. The van der Waals surface area contributed by atoms with E-state index < -0.39 is 41.3 Å². The van der Waals surface area contributed by atoms with Crippen LogP contribution in [0.1, 0.15) is 111 Å². The van der Waals surface area contributed by atoms with E-state index in [1.54, 1.807) is 20.8 Å². The normalized spacial score (nSPS) is 12.6. The first-order valence-electron chi connectivity index (χ1n) is 25.0. The SMILES string of the molecule is CC(C)(C)OC(=O)[C@@H](N)Cc1ccc(-c2ncc(-c3ccc(C(C)(C)C)cc3)cn2)cc1.CC(C)(C)OC(=O)[C@H](Cc1ccc(-c2ncc(-c3ccc(C(C)(C)C)cc3)cn2)cc1)NC(=O)OCc1ccccc1.